The maximum Gasteiger partial charge on any atom is 0.252 e. The first kappa shape index (κ1) is 18.9. The third-order valence-corrected chi connectivity index (χ3v) is 7.58. The Morgan fingerprint density at radius 2 is 2.05 bits per heavy atom. The van der Waals surface area contributed by atoms with Crippen LogP contribution in [-0.2, 0) is 15.4 Å². The minimum absolute atomic E-state index is 0. The molecule has 1 fully saturated rings. The Labute approximate surface area is 138 Å². The van der Waals surface area contributed by atoms with Gasteiger partial charge in [0.05, 0.1) is 0 Å². The van der Waals surface area contributed by atoms with E-state index in [-0.39, 0.29) is 23.9 Å². The van der Waals surface area contributed by atoms with Crippen LogP contribution in [-0.4, -0.2) is 38.9 Å². The predicted molar refractivity (Wildman–Crippen MR) is 91.1 cm³/mol. The quantitative estimate of drug-likeness (QED) is 0.906. The lowest BCUT2D eigenvalue weighted by Crippen LogP contribution is -2.40. The molecule has 21 heavy (non-hydrogen) atoms. The van der Waals surface area contributed by atoms with E-state index < -0.39 is 10.0 Å². The standard InChI is InChI=1S/C14H24N2O2S2.ClH/c1-14(2,3)12-7-8-13(19-12)20(17,18)16-9-5-6-11(16)10-15-4;/h7-8,11,15H,5-6,9-10H2,1-4H3;1H. The molecule has 4 nitrogen and oxygen atoms in total. The fourth-order valence-electron chi connectivity index (χ4n) is 2.54. The summed E-state index contributed by atoms with van der Waals surface area (Å²) in [6.07, 6.45) is 1.89. The Morgan fingerprint density at radius 1 is 1.38 bits per heavy atom. The van der Waals surface area contributed by atoms with Gasteiger partial charge >= 0.3 is 0 Å². The molecule has 1 N–H and O–H groups in total. The summed E-state index contributed by atoms with van der Waals surface area (Å²) in [6, 6.07) is 3.79. The van der Waals surface area contributed by atoms with Crippen LogP contribution in [0.2, 0.25) is 0 Å². The van der Waals surface area contributed by atoms with Gasteiger partial charge in [0.2, 0.25) is 0 Å². The van der Waals surface area contributed by atoms with E-state index in [9.17, 15) is 8.42 Å². The highest BCUT2D eigenvalue weighted by Crippen LogP contribution is 2.35. The number of hydrogen-bond acceptors (Lipinski definition) is 4. The van der Waals surface area contributed by atoms with E-state index >= 15 is 0 Å². The fourth-order valence-corrected chi connectivity index (χ4v) is 5.73. The zero-order chi connectivity index (χ0) is 15.0. The topological polar surface area (TPSA) is 49.4 Å². The molecule has 1 aliphatic heterocycles. The van der Waals surface area contributed by atoms with Gasteiger partial charge in [-0.3, -0.25) is 0 Å². The first-order chi connectivity index (χ1) is 9.26. The summed E-state index contributed by atoms with van der Waals surface area (Å²) in [4.78, 5) is 1.11. The lowest BCUT2D eigenvalue weighted by Gasteiger charge is -2.23. The van der Waals surface area contributed by atoms with Gasteiger partial charge in [0.1, 0.15) is 4.21 Å². The molecule has 0 spiro atoms. The number of hydrogen-bond donors (Lipinski definition) is 1. The number of likely N-dealkylation sites (N-methyl/N-ethyl adjacent to an activating group) is 1. The Bertz CT molecular complexity index is 564. The van der Waals surface area contributed by atoms with Crippen LogP contribution in [0.4, 0.5) is 0 Å². The highest BCUT2D eigenvalue weighted by molar-refractivity contribution is 7.91. The Kier molecular flexibility index (Phi) is 6.27. The summed E-state index contributed by atoms with van der Waals surface area (Å²) in [7, 11) is -1.47. The predicted octanol–water partition coefficient (Wildman–Crippen LogP) is 2.84. The second-order valence-electron chi connectivity index (χ2n) is 6.34. The van der Waals surface area contributed by atoms with Gasteiger partial charge in [-0.25, -0.2) is 8.42 Å². The van der Waals surface area contributed by atoms with Crippen LogP contribution in [0.1, 0.15) is 38.5 Å². The first-order valence-corrected chi connectivity index (χ1v) is 9.29. The highest BCUT2D eigenvalue weighted by atomic mass is 35.5. The molecule has 1 aliphatic rings. The summed E-state index contributed by atoms with van der Waals surface area (Å²) in [5, 5.41) is 3.09. The zero-order valence-electron chi connectivity index (χ0n) is 13.0. The number of rotatable bonds is 4. The number of halogens is 1. The summed E-state index contributed by atoms with van der Waals surface area (Å²) < 4.78 is 27.7. The van der Waals surface area contributed by atoms with Crippen molar-refractivity contribution in [2.24, 2.45) is 0 Å². The monoisotopic (exact) mass is 352 g/mol. The van der Waals surface area contributed by atoms with Crippen molar-refractivity contribution in [3.8, 4) is 0 Å². The number of sulfonamides is 1. The molecule has 0 amide bonds. The van der Waals surface area contributed by atoms with Gasteiger partial charge in [0.25, 0.3) is 10.0 Å². The number of nitrogens with zero attached hydrogens (tertiary/aromatic N) is 1. The maximum absolute atomic E-state index is 12.8. The summed E-state index contributed by atoms with van der Waals surface area (Å²) >= 11 is 1.40. The van der Waals surface area contributed by atoms with Crippen LogP contribution in [0.15, 0.2) is 16.3 Å². The lowest BCUT2D eigenvalue weighted by atomic mass is 9.95. The van der Waals surface area contributed by atoms with Gasteiger partial charge in [0, 0.05) is 24.0 Å². The largest absolute Gasteiger partial charge is 0.318 e. The molecule has 1 aromatic heterocycles. The van der Waals surface area contributed by atoms with Gasteiger partial charge < -0.3 is 5.32 Å². The van der Waals surface area contributed by atoms with Crippen LogP contribution < -0.4 is 5.32 Å². The molecule has 1 atom stereocenters. The molecule has 0 radical (unpaired) electrons. The van der Waals surface area contributed by atoms with Crippen molar-refractivity contribution in [1.29, 1.82) is 0 Å². The molecule has 2 rings (SSSR count). The van der Waals surface area contributed by atoms with E-state index in [1.54, 1.807) is 10.4 Å². The highest BCUT2D eigenvalue weighted by Gasteiger charge is 2.36. The Balaban J connectivity index is 0.00000220. The van der Waals surface area contributed by atoms with Crippen LogP contribution >= 0.6 is 23.7 Å². The molecule has 7 heteroatoms. The van der Waals surface area contributed by atoms with Crippen LogP contribution in [0.3, 0.4) is 0 Å². The van der Waals surface area contributed by atoms with E-state index in [0.29, 0.717) is 10.8 Å². The molecular weight excluding hydrogens is 328 g/mol. The molecular formula is C14H25ClN2O2S2. The third-order valence-electron chi connectivity index (χ3n) is 3.65. The first-order valence-electron chi connectivity index (χ1n) is 7.03. The normalized spacial score (nSPS) is 20.5. The number of thiophene rings is 1. The molecule has 0 saturated carbocycles. The van der Waals surface area contributed by atoms with Crippen molar-refractivity contribution < 1.29 is 8.42 Å². The summed E-state index contributed by atoms with van der Waals surface area (Å²) in [5.74, 6) is 0. The van der Waals surface area contributed by atoms with Gasteiger partial charge in [0.15, 0.2) is 0 Å². The van der Waals surface area contributed by atoms with Crippen LogP contribution in [0.25, 0.3) is 0 Å². The molecule has 1 aromatic rings. The van der Waals surface area contributed by atoms with Gasteiger partial charge in [-0.2, -0.15) is 4.31 Å². The summed E-state index contributed by atoms with van der Waals surface area (Å²) in [5.41, 5.74) is -0.00613. The van der Waals surface area contributed by atoms with E-state index in [0.717, 1.165) is 24.3 Å². The molecule has 1 saturated heterocycles. The molecule has 122 valence electrons. The molecule has 1 unspecified atom stereocenters. The smallest absolute Gasteiger partial charge is 0.252 e. The molecule has 2 heterocycles. The van der Waals surface area contributed by atoms with E-state index in [4.69, 9.17) is 0 Å². The fraction of sp³-hybridized carbons (Fsp3) is 0.714. The van der Waals surface area contributed by atoms with Gasteiger partial charge in [-0.1, -0.05) is 20.8 Å². The Hall–Kier alpha value is -0.140. The average Bonchev–Trinajstić information content (AvgIpc) is 2.97. The Morgan fingerprint density at radius 3 is 2.57 bits per heavy atom. The van der Waals surface area contributed by atoms with Crippen molar-refractivity contribution in [1.82, 2.24) is 9.62 Å². The molecule has 0 bridgehead atoms. The van der Waals surface area contributed by atoms with Crippen molar-refractivity contribution >= 4 is 33.8 Å². The SMILES string of the molecule is CNCC1CCCN1S(=O)(=O)c1ccc(C(C)(C)C)s1.Cl. The zero-order valence-corrected chi connectivity index (χ0v) is 15.5. The van der Waals surface area contributed by atoms with Crippen molar-refractivity contribution in [2.75, 3.05) is 20.1 Å². The second kappa shape index (κ2) is 6.96. The minimum Gasteiger partial charge on any atom is -0.318 e. The second-order valence-corrected chi connectivity index (χ2v) is 9.54. The third kappa shape index (κ3) is 3.99. The van der Waals surface area contributed by atoms with Gasteiger partial charge in [-0.05, 0) is 37.4 Å². The van der Waals surface area contributed by atoms with Crippen molar-refractivity contribution in [3.05, 3.63) is 17.0 Å². The van der Waals surface area contributed by atoms with E-state index in [2.05, 4.69) is 26.1 Å². The van der Waals surface area contributed by atoms with E-state index in [1.165, 1.54) is 11.3 Å². The van der Waals surface area contributed by atoms with Crippen molar-refractivity contribution in [3.63, 3.8) is 0 Å². The van der Waals surface area contributed by atoms with Gasteiger partial charge in [-0.15, -0.1) is 23.7 Å². The average molecular weight is 353 g/mol. The van der Waals surface area contributed by atoms with Crippen LogP contribution in [0, 0.1) is 0 Å². The lowest BCUT2D eigenvalue weighted by molar-refractivity contribution is 0.380. The summed E-state index contributed by atoms with van der Waals surface area (Å²) in [6.45, 7) is 7.67. The maximum atomic E-state index is 12.8. The molecule has 0 aromatic carbocycles. The number of nitrogens with one attached hydrogen (secondary N) is 1. The van der Waals surface area contributed by atoms with Crippen LogP contribution in [0.5, 0.6) is 0 Å². The minimum atomic E-state index is -3.34. The van der Waals surface area contributed by atoms with Crippen molar-refractivity contribution in [2.45, 2.75) is 49.3 Å². The molecule has 0 aliphatic carbocycles. The van der Waals surface area contributed by atoms with E-state index in [1.807, 2.05) is 13.1 Å².